The normalized spacial score (nSPS) is 21.3. The summed E-state index contributed by atoms with van der Waals surface area (Å²) in [6.07, 6.45) is 3.65. The van der Waals surface area contributed by atoms with E-state index in [0.717, 1.165) is 35.6 Å². The number of aryl methyl sites for hydroxylation is 1. The van der Waals surface area contributed by atoms with E-state index in [0.29, 0.717) is 6.04 Å². The molecular weight excluding hydrogens is 276 g/mol. The van der Waals surface area contributed by atoms with Crippen LogP contribution in [0.2, 0.25) is 0 Å². The van der Waals surface area contributed by atoms with E-state index < -0.39 is 0 Å². The molecule has 0 amide bonds. The van der Waals surface area contributed by atoms with Gasteiger partial charge in [-0.05, 0) is 20.0 Å². The van der Waals surface area contributed by atoms with Gasteiger partial charge >= 0.3 is 0 Å². The molecule has 4 heterocycles. The number of pyridine rings is 1. The monoisotopic (exact) mass is 298 g/mol. The molecule has 0 radical (unpaired) electrons. The number of rotatable bonds is 2. The number of likely N-dealkylation sites (N-methyl/N-ethyl adjacent to an activating group) is 1. The lowest BCUT2D eigenvalue weighted by Gasteiger charge is -2.48. The molecule has 4 rings (SSSR count). The zero-order valence-electron chi connectivity index (χ0n) is 13.2. The Bertz CT molecular complexity index is 673. The fourth-order valence-corrected chi connectivity index (χ4v) is 3.36. The molecule has 0 N–H and O–H groups in total. The fraction of sp³-hybridized carbons (Fsp3) is 0.562. The third-order valence-electron chi connectivity index (χ3n) is 4.81. The van der Waals surface area contributed by atoms with Crippen molar-refractivity contribution >= 4 is 16.7 Å². The van der Waals surface area contributed by atoms with Gasteiger partial charge in [-0.1, -0.05) is 0 Å². The predicted molar refractivity (Wildman–Crippen MR) is 87.1 cm³/mol. The second-order valence-electron chi connectivity index (χ2n) is 6.39. The maximum absolute atomic E-state index is 4.68. The van der Waals surface area contributed by atoms with Gasteiger partial charge in [-0.25, -0.2) is 9.97 Å². The molecular formula is C16H22N6. The van der Waals surface area contributed by atoms with Gasteiger partial charge in [-0.2, -0.15) is 0 Å². The van der Waals surface area contributed by atoms with Crippen LogP contribution in [0.5, 0.6) is 0 Å². The third kappa shape index (κ3) is 2.42. The van der Waals surface area contributed by atoms with Crippen LogP contribution in [-0.4, -0.2) is 77.1 Å². The first-order valence-electron chi connectivity index (χ1n) is 7.96. The molecule has 2 fully saturated rings. The summed E-state index contributed by atoms with van der Waals surface area (Å²) in [5, 5.41) is 1.11. The predicted octanol–water partition coefficient (Wildman–Crippen LogP) is 0.769. The van der Waals surface area contributed by atoms with Crippen LogP contribution in [0, 0.1) is 6.92 Å². The number of piperazine rings is 1. The van der Waals surface area contributed by atoms with Crippen molar-refractivity contribution < 1.29 is 0 Å². The van der Waals surface area contributed by atoms with Crippen molar-refractivity contribution in [2.45, 2.75) is 13.0 Å². The molecule has 2 aromatic heterocycles. The van der Waals surface area contributed by atoms with Gasteiger partial charge in [-0.3, -0.25) is 9.88 Å². The first-order chi connectivity index (χ1) is 10.7. The lowest BCUT2D eigenvalue weighted by atomic mass is 10.1. The van der Waals surface area contributed by atoms with Crippen molar-refractivity contribution in [3.05, 3.63) is 24.3 Å². The summed E-state index contributed by atoms with van der Waals surface area (Å²) in [6.45, 7) is 8.81. The lowest BCUT2D eigenvalue weighted by Crippen LogP contribution is -2.63. The van der Waals surface area contributed by atoms with Crippen molar-refractivity contribution in [2.75, 3.05) is 51.2 Å². The number of hydrogen-bond acceptors (Lipinski definition) is 6. The second kappa shape index (κ2) is 5.44. The van der Waals surface area contributed by atoms with Gasteiger partial charge in [0.25, 0.3) is 0 Å². The van der Waals surface area contributed by atoms with Gasteiger partial charge in [0.05, 0.1) is 11.7 Å². The third-order valence-corrected chi connectivity index (χ3v) is 4.81. The van der Waals surface area contributed by atoms with E-state index in [-0.39, 0.29) is 0 Å². The van der Waals surface area contributed by atoms with Crippen molar-refractivity contribution in [3.63, 3.8) is 0 Å². The Hall–Kier alpha value is -1.79. The topological polar surface area (TPSA) is 48.4 Å². The zero-order valence-corrected chi connectivity index (χ0v) is 13.2. The number of hydrogen-bond donors (Lipinski definition) is 0. The number of nitrogens with zero attached hydrogens (tertiary/aromatic N) is 6. The van der Waals surface area contributed by atoms with Crippen LogP contribution in [0.25, 0.3) is 10.9 Å². The lowest BCUT2D eigenvalue weighted by molar-refractivity contribution is 0.0961. The Morgan fingerprint density at radius 3 is 2.64 bits per heavy atom. The molecule has 0 aliphatic carbocycles. The SMILES string of the molecule is Cc1nc(N2CC(N3CCN(C)CC3)C2)c2ccncc2n1. The van der Waals surface area contributed by atoms with E-state index in [9.17, 15) is 0 Å². The number of fused-ring (bicyclic) bond motifs is 1. The highest BCUT2D eigenvalue weighted by Gasteiger charge is 2.34. The molecule has 0 bridgehead atoms. The highest BCUT2D eigenvalue weighted by Crippen LogP contribution is 2.28. The number of anilines is 1. The van der Waals surface area contributed by atoms with Crippen molar-refractivity contribution in [2.24, 2.45) is 0 Å². The summed E-state index contributed by atoms with van der Waals surface area (Å²) < 4.78 is 0. The van der Waals surface area contributed by atoms with Crippen LogP contribution in [0.15, 0.2) is 18.5 Å². The van der Waals surface area contributed by atoms with Crippen LogP contribution >= 0.6 is 0 Å². The molecule has 22 heavy (non-hydrogen) atoms. The van der Waals surface area contributed by atoms with Crippen LogP contribution < -0.4 is 4.90 Å². The quantitative estimate of drug-likeness (QED) is 0.816. The minimum Gasteiger partial charge on any atom is -0.353 e. The van der Waals surface area contributed by atoms with E-state index in [4.69, 9.17) is 0 Å². The van der Waals surface area contributed by atoms with Gasteiger partial charge in [0.15, 0.2) is 0 Å². The van der Waals surface area contributed by atoms with E-state index in [1.165, 1.54) is 26.2 Å². The molecule has 0 atom stereocenters. The summed E-state index contributed by atoms with van der Waals surface area (Å²) in [5.74, 6) is 1.88. The van der Waals surface area contributed by atoms with Crippen molar-refractivity contribution in [3.8, 4) is 0 Å². The van der Waals surface area contributed by atoms with Crippen molar-refractivity contribution in [1.82, 2.24) is 24.8 Å². The van der Waals surface area contributed by atoms with E-state index in [2.05, 4.69) is 36.7 Å². The van der Waals surface area contributed by atoms with Gasteiger partial charge in [0.1, 0.15) is 11.6 Å². The zero-order chi connectivity index (χ0) is 15.1. The fourth-order valence-electron chi connectivity index (χ4n) is 3.36. The Labute approximate surface area is 130 Å². The van der Waals surface area contributed by atoms with Crippen LogP contribution in [0.4, 0.5) is 5.82 Å². The first-order valence-corrected chi connectivity index (χ1v) is 7.96. The molecule has 2 aliphatic rings. The molecule has 116 valence electrons. The largest absolute Gasteiger partial charge is 0.353 e. The Morgan fingerprint density at radius 1 is 1.09 bits per heavy atom. The van der Waals surface area contributed by atoms with E-state index in [1.54, 1.807) is 0 Å². The molecule has 0 saturated carbocycles. The standard InChI is InChI=1S/C16H22N6/c1-12-18-15-9-17-4-3-14(15)16(19-12)22-10-13(11-22)21-7-5-20(2)6-8-21/h3-4,9,13H,5-8,10-11H2,1-2H3. The number of aromatic nitrogens is 3. The Kier molecular flexibility index (Phi) is 3.43. The van der Waals surface area contributed by atoms with Gasteiger partial charge in [0.2, 0.25) is 0 Å². The molecule has 0 aromatic carbocycles. The van der Waals surface area contributed by atoms with Gasteiger partial charge in [0, 0.05) is 56.9 Å². The maximum Gasteiger partial charge on any atom is 0.140 e. The van der Waals surface area contributed by atoms with Crippen LogP contribution in [0.1, 0.15) is 5.82 Å². The average molecular weight is 298 g/mol. The van der Waals surface area contributed by atoms with Crippen molar-refractivity contribution in [1.29, 1.82) is 0 Å². The van der Waals surface area contributed by atoms with Crippen LogP contribution in [-0.2, 0) is 0 Å². The van der Waals surface area contributed by atoms with Gasteiger partial charge in [-0.15, -0.1) is 0 Å². The molecule has 6 heteroatoms. The Balaban J connectivity index is 1.51. The smallest absolute Gasteiger partial charge is 0.140 e. The van der Waals surface area contributed by atoms with E-state index in [1.807, 2.05) is 25.4 Å². The van der Waals surface area contributed by atoms with Gasteiger partial charge < -0.3 is 9.80 Å². The first kappa shape index (κ1) is 13.8. The highest BCUT2D eigenvalue weighted by atomic mass is 15.4. The summed E-state index contributed by atoms with van der Waals surface area (Å²) in [7, 11) is 2.20. The highest BCUT2D eigenvalue weighted by molar-refractivity contribution is 5.89. The minimum absolute atomic E-state index is 0.667. The van der Waals surface area contributed by atoms with Crippen LogP contribution in [0.3, 0.4) is 0 Å². The summed E-state index contributed by atoms with van der Waals surface area (Å²) in [4.78, 5) is 20.7. The summed E-state index contributed by atoms with van der Waals surface area (Å²) in [6, 6.07) is 2.69. The average Bonchev–Trinajstić information content (AvgIpc) is 2.47. The molecule has 2 aliphatic heterocycles. The van der Waals surface area contributed by atoms with E-state index >= 15 is 0 Å². The molecule has 6 nitrogen and oxygen atoms in total. The second-order valence-corrected chi connectivity index (χ2v) is 6.39. The maximum atomic E-state index is 4.68. The Morgan fingerprint density at radius 2 is 1.86 bits per heavy atom. The molecule has 2 saturated heterocycles. The summed E-state index contributed by atoms with van der Waals surface area (Å²) in [5.41, 5.74) is 0.938. The minimum atomic E-state index is 0.667. The molecule has 0 unspecified atom stereocenters. The summed E-state index contributed by atoms with van der Waals surface area (Å²) >= 11 is 0. The molecule has 2 aromatic rings. The molecule has 0 spiro atoms.